The summed E-state index contributed by atoms with van der Waals surface area (Å²) in [4.78, 5) is 0. The van der Waals surface area contributed by atoms with Gasteiger partial charge in [0.15, 0.2) is 0 Å². The van der Waals surface area contributed by atoms with Gasteiger partial charge in [-0.1, -0.05) is 103 Å². The van der Waals surface area contributed by atoms with Gasteiger partial charge in [0.25, 0.3) is 5.78 Å². The molecule has 1 atom stereocenters. The van der Waals surface area contributed by atoms with Gasteiger partial charge >= 0.3 is 0 Å². The molecule has 1 unspecified atom stereocenters. The largest absolute Gasteiger partial charge is 0.425 e. The molecule has 1 aliphatic carbocycles. The molecule has 54 heavy (non-hydrogen) atoms. The Balaban J connectivity index is 0.989. The van der Waals surface area contributed by atoms with Crippen molar-refractivity contribution in [1.82, 2.24) is 9.13 Å². The minimum atomic E-state index is 0.236. The van der Waals surface area contributed by atoms with Gasteiger partial charge < -0.3 is 18.0 Å². The highest BCUT2D eigenvalue weighted by atomic mass is 16.5. The summed E-state index contributed by atoms with van der Waals surface area (Å²) in [5.74, 6) is 0.809. The van der Waals surface area contributed by atoms with Gasteiger partial charge in [-0.2, -0.15) is 0 Å². The maximum Gasteiger partial charge on any atom is 0.299 e. The van der Waals surface area contributed by atoms with E-state index < -0.39 is 0 Å². The summed E-state index contributed by atoms with van der Waals surface area (Å²) in [5.41, 5.74) is 11.2. The van der Waals surface area contributed by atoms with Gasteiger partial charge in [-0.15, -0.1) is 0 Å². The molecule has 0 fully saturated rings. The van der Waals surface area contributed by atoms with Crippen LogP contribution in [-0.2, 0) is 0 Å². The van der Waals surface area contributed by atoms with Gasteiger partial charge in [0.05, 0.1) is 21.9 Å². The molecule has 0 bridgehead atoms. The summed E-state index contributed by atoms with van der Waals surface area (Å²) in [6.07, 6.45) is 5.80. The zero-order valence-electron chi connectivity index (χ0n) is 29.2. The summed E-state index contributed by atoms with van der Waals surface area (Å²) in [6.45, 7) is 0. The van der Waals surface area contributed by atoms with Crippen LogP contribution in [0.25, 0.3) is 100 Å². The van der Waals surface area contributed by atoms with E-state index in [0.29, 0.717) is 5.78 Å². The minimum Gasteiger partial charge on any atom is -0.425 e. The van der Waals surface area contributed by atoms with Gasteiger partial charge in [0, 0.05) is 54.8 Å². The van der Waals surface area contributed by atoms with Crippen LogP contribution in [0.5, 0.6) is 0 Å². The fraction of sp³-hybridized carbons (Fsp3) is 0.0400. The van der Waals surface area contributed by atoms with Crippen LogP contribution in [0.1, 0.15) is 17.9 Å². The molecule has 0 amide bonds. The number of nitrogens with zero attached hydrogens (tertiary/aromatic N) is 2. The van der Waals surface area contributed by atoms with Gasteiger partial charge in [0.1, 0.15) is 11.2 Å². The van der Waals surface area contributed by atoms with Crippen LogP contribution in [0.15, 0.2) is 173 Å². The molecule has 12 rings (SSSR count). The second-order valence-electron chi connectivity index (χ2n) is 14.5. The fourth-order valence-electron chi connectivity index (χ4n) is 9.01. The van der Waals surface area contributed by atoms with E-state index in [2.05, 4.69) is 185 Å². The Bertz CT molecular complexity index is 3410. The summed E-state index contributed by atoms with van der Waals surface area (Å²) in [6, 6.07) is 58.7. The zero-order valence-corrected chi connectivity index (χ0v) is 29.2. The monoisotopic (exact) mass is 692 g/mol. The molecule has 7 aromatic carbocycles. The number of benzene rings is 7. The van der Waals surface area contributed by atoms with E-state index in [9.17, 15) is 0 Å². The Morgan fingerprint density at radius 2 is 1.04 bits per heavy atom. The summed E-state index contributed by atoms with van der Waals surface area (Å²) < 4.78 is 17.5. The fourth-order valence-corrected chi connectivity index (χ4v) is 9.01. The second-order valence-corrected chi connectivity index (χ2v) is 14.5. The van der Waals surface area contributed by atoms with Crippen LogP contribution >= 0.6 is 0 Å². The lowest BCUT2D eigenvalue weighted by Crippen LogP contribution is -2.31. The molecule has 4 aromatic heterocycles. The molecule has 1 aliphatic rings. The maximum atomic E-state index is 6.35. The summed E-state index contributed by atoms with van der Waals surface area (Å²) in [7, 11) is 0. The van der Waals surface area contributed by atoms with E-state index in [-0.39, 0.29) is 5.92 Å². The lowest BCUT2D eigenvalue weighted by molar-refractivity contribution is 0.524. The van der Waals surface area contributed by atoms with E-state index in [4.69, 9.17) is 8.83 Å². The number of para-hydroxylation sites is 4. The van der Waals surface area contributed by atoms with Crippen LogP contribution in [0, 0.1) is 0 Å². The summed E-state index contributed by atoms with van der Waals surface area (Å²) >= 11 is 0. The van der Waals surface area contributed by atoms with Crippen molar-refractivity contribution < 1.29 is 8.83 Å². The molecular formula is C50H32N2O2. The first-order valence-electron chi connectivity index (χ1n) is 18.6. The van der Waals surface area contributed by atoms with Crippen molar-refractivity contribution in [1.29, 1.82) is 0 Å². The van der Waals surface area contributed by atoms with E-state index in [1.807, 2.05) is 0 Å². The predicted molar refractivity (Wildman–Crippen MR) is 222 cm³/mol. The molecule has 11 aromatic rings. The van der Waals surface area contributed by atoms with Crippen molar-refractivity contribution in [2.75, 3.05) is 0 Å². The number of furan rings is 2. The maximum absolute atomic E-state index is 6.35. The van der Waals surface area contributed by atoms with Crippen LogP contribution in [0.4, 0.5) is 0 Å². The molecule has 0 saturated carbocycles. The molecule has 0 spiro atoms. The Morgan fingerprint density at radius 1 is 0.463 bits per heavy atom. The van der Waals surface area contributed by atoms with E-state index >= 15 is 0 Å². The SMILES string of the molecule is C1=c2c(n(-c3ccccc3)c3ccccc23)=CCC1c1ccc2oc3oc4ccc(-c5ccc6c(c5)c5ccccc5n6-c5ccccc5)cc4c3c2c1. The smallest absolute Gasteiger partial charge is 0.299 e. The van der Waals surface area contributed by atoms with Crippen molar-refractivity contribution in [3.63, 3.8) is 0 Å². The standard InChI is InChI=1S/C50H32N2O2/c1-3-11-35(12-4-1)51-43-17-9-7-15-37(43)39-27-31(19-23-45(39)51)33-21-25-47-41(29-33)49-42-30-34(22-26-48(42)54-50(49)53-47)32-20-24-46-40(28-32)38-16-8-10-18-44(38)52(46)36-13-5-2-6-14-36/h1-19,21-30,32H,20H2. The molecule has 4 nitrogen and oxygen atoms in total. The first-order valence-corrected chi connectivity index (χ1v) is 18.6. The topological polar surface area (TPSA) is 36.1 Å². The van der Waals surface area contributed by atoms with Gasteiger partial charge in [-0.3, -0.25) is 0 Å². The second kappa shape index (κ2) is 11.2. The molecule has 0 aliphatic heterocycles. The van der Waals surface area contributed by atoms with E-state index in [1.54, 1.807) is 0 Å². The van der Waals surface area contributed by atoms with E-state index in [0.717, 1.165) is 45.0 Å². The Morgan fingerprint density at radius 3 is 1.80 bits per heavy atom. The van der Waals surface area contributed by atoms with Crippen molar-refractivity contribution in [2.45, 2.75) is 12.3 Å². The average Bonchev–Trinajstić information content (AvgIpc) is 3.97. The molecule has 254 valence electrons. The number of hydrogen-bond donors (Lipinski definition) is 0. The molecular weight excluding hydrogens is 661 g/mol. The molecule has 4 heterocycles. The van der Waals surface area contributed by atoms with E-state index in [1.165, 1.54) is 60.1 Å². The average molecular weight is 693 g/mol. The van der Waals surface area contributed by atoms with Gasteiger partial charge in [-0.05, 0) is 95.9 Å². The highest BCUT2D eigenvalue weighted by Crippen LogP contribution is 2.41. The van der Waals surface area contributed by atoms with Crippen molar-refractivity contribution in [2.24, 2.45) is 0 Å². The predicted octanol–water partition coefficient (Wildman–Crippen LogP) is 11.8. The van der Waals surface area contributed by atoms with Crippen LogP contribution in [0.3, 0.4) is 0 Å². The third-order valence-electron chi connectivity index (χ3n) is 11.5. The van der Waals surface area contributed by atoms with Gasteiger partial charge in [0.2, 0.25) is 0 Å². The molecule has 0 saturated heterocycles. The number of fused-ring (bicyclic) bond motifs is 11. The normalized spacial score (nSPS) is 14.3. The molecule has 4 heteroatoms. The lowest BCUT2D eigenvalue weighted by atomic mass is 9.90. The van der Waals surface area contributed by atoms with Crippen LogP contribution < -0.4 is 10.6 Å². The lowest BCUT2D eigenvalue weighted by Gasteiger charge is -2.15. The highest BCUT2D eigenvalue weighted by molar-refractivity contribution is 6.18. The van der Waals surface area contributed by atoms with Gasteiger partial charge in [-0.25, -0.2) is 0 Å². The third kappa shape index (κ3) is 4.25. The molecule has 0 N–H and O–H groups in total. The van der Waals surface area contributed by atoms with Crippen molar-refractivity contribution >= 4 is 78.0 Å². The van der Waals surface area contributed by atoms with Crippen LogP contribution in [-0.4, -0.2) is 9.13 Å². The Kier molecular flexibility index (Phi) is 6.14. The highest BCUT2D eigenvalue weighted by Gasteiger charge is 2.21. The zero-order chi connectivity index (χ0) is 35.3. The molecule has 0 radical (unpaired) electrons. The Labute approximate surface area is 309 Å². The number of aromatic nitrogens is 2. The third-order valence-corrected chi connectivity index (χ3v) is 11.5. The van der Waals surface area contributed by atoms with Crippen molar-refractivity contribution in [3.8, 4) is 22.5 Å². The first-order chi connectivity index (χ1) is 26.8. The van der Waals surface area contributed by atoms with Crippen molar-refractivity contribution in [3.05, 3.63) is 180 Å². The number of hydrogen-bond acceptors (Lipinski definition) is 2. The summed E-state index contributed by atoms with van der Waals surface area (Å²) in [5, 5.41) is 9.51. The first kappa shape index (κ1) is 29.5. The number of rotatable bonds is 4. The minimum absolute atomic E-state index is 0.236. The Hall–Kier alpha value is -7.04. The quantitative estimate of drug-likeness (QED) is 0.184. The van der Waals surface area contributed by atoms with Crippen LogP contribution in [0.2, 0.25) is 0 Å².